The van der Waals surface area contributed by atoms with Crippen LogP contribution in [-0.2, 0) is 19.7 Å². The van der Waals surface area contributed by atoms with Gasteiger partial charge in [0.15, 0.2) is 19.7 Å². The number of nitrogens with one attached hydrogen (secondary N) is 2. The summed E-state index contributed by atoms with van der Waals surface area (Å²) in [5, 5.41) is 53.9. The third-order valence-electron chi connectivity index (χ3n) is 2.82. The van der Waals surface area contributed by atoms with E-state index in [4.69, 9.17) is 21.0 Å². The van der Waals surface area contributed by atoms with Gasteiger partial charge in [-0.3, -0.25) is 0 Å². The highest BCUT2D eigenvalue weighted by Crippen LogP contribution is 2.35. The first-order valence-corrected chi connectivity index (χ1v) is 12.2. The quantitative estimate of drug-likeness (QED) is 0.102. The molecule has 0 rings (SSSR count). The minimum atomic E-state index is -4.74. The maximum atomic E-state index is 12.3. The van der Waals surface area contributed by atoms with Crippen LogP contribution in [-0.4, -0.2) is 79.1 Å². The highest BCUT2D eigenvalue weighted by Gasteiger charge is 2.54. The van der Waals surface area contributed by atoms with Gasteiger partial charge in [-0.1, -0.05) is 21.6 Å². The maximum absolute atomic E-state index is 12.3. The van der Waals surface area contributed by atoms with Crippen molar-refractivity contribution in [1.29, 1.82) is 10.8 Å². The fourth-order valence-electron chi connectivity index (χ4n) is 1.60. The minimum absolute atomic E-state index is 0.0926. The summed E-state index contributed by atoms with van der Waals surface area (Å²) in [5.74, 6) is -5.51. The van der Waals surface area contributed by atoms with Crippen LogP contribution in [0.2, 0.25) is 0 Å². The monoisotopic (exact) mass is 422 g/mol. The van der Waals surface area contributed by atoms with Gasteiger partial charge in [-0.2, -0.15) is 0 Å². The lowest BCUT2D eigenvalue weighted by Gasteiger charge is -2.35. The predicted octanol–water partition coefficient (Wildman–Crippen LogP) is -3.06. The van der Waals surface area contributed by atoms with Crippen LogP contribution in [0.5, 0.6) is 0 Å². The summed E-state index contributed by atoms with van der Waals surface area (Å²) in [6, 6.07) is 0. The van der Waals surface area contributed by atoms with Gasteiger partial charge in [0.1, 0.15) is 0 Å². The Bertz CT molecular complexity index is 610. The van der Waals surface area contributed by atoms with Gasteiger partial charge in [-0.25, -0.2) is 16.8 Å². The van der Waals surface area contributed by atoms with E-state index in [1.807, 2.05) is 0 Å². The van der Waals surface area contributed by atoms with E-state index in [1.54, 1.807) is 0 Å². The van der Waals surface area contributed by atoms with Crippen molar-refractivity contribution in [2.75, 3.05) is 36.2 Å². The van der Waals surface area contributed by atoms with E-state index in [-0.39, 0.29) is 12.2 Å². The van der Waals surface area contributed by atoms with E-state index in [2.05, 4.69) is 0 Å². The first-order valence-electron chi connectivity index (χ1n) is 6.39. The van der Waals surface area contributed by atoms with Crippen LogP contribution in [0.3, 0.4) is 0 Å². The highest BCUT2D eigenvalue weighted by atomic mass is 33.1. The van der Waals surface area contributed by atoms with Gasteiger partial charge >= 0.3 is 0 Å². The zero-order valence-corrected chi connectivity index (χ0v) is 15.7. The van der Waals surface area contributed by atoms with Crippen LogP contribution in [0.15, 0.2) is 0 Å². The van der Waals surface area contributed by atoms with E-state index >= 15 is 0 Å². The SMILES string of the molecule is N=C([O-])CCSSCC(C(=N)[O-])(S(=O)(=O)CCO)S(=O)(=O)CCO. The average molecular weight is 423 g/mol. The Morgan fingerprint density at radius 1 is 0.958 bits per heavy atom. The maximum Gasteiger partial charge on any atom is 0.210 e. The third-order valence-corrected chi connectivity index (χ3v) is 11.3. The molecule has 4 N–H and O–H groups in total. The second kappa shape index (κ2) is 9.82. The van der Waals surface area contributed by atoms with Crippen molar-refractivity contribution in [3.05, 3.63) is 0 Å². The molecule has 0 aromatic carbocycles. The first kappa shape index (κ1) is 23.5. The van der Waals surface area contributed by atoms with Crippen LogP contribution >= 0.6 is 21.6 Å². The van der Waals surface area contributed by atoms with Gasteiger partial charge in [-0.15, -0.1) is 0 Å². The number of aliphatic hydroxyl groups is 2. The standard InChI is InChI=1S/C10H20N2O8S4/c11-8(15)1-4-21-22-7-10(9(12)16,23(17,18)5-2-13)24(19,20)6-3-14/h13-14H,1-7H2,(H2,11,15)(H2,12,16)/p-2. The van der Waals surface area contributed by atoms with Crippen molar-refractivity contribution in [3.8, 4) is 0 Å². The zero-order valence-electron chi connectivity index (χ0n) is 12.4. The molecule has 0 spiro atoms. The molecule has 24 heavy (non-hydrogen) atoms. The van der Waals surface area contributed by atoms with E-state index < -0.39 is 66.0 Å². The van der Waals surface area contributed by atoms with Crippen molar-refractivity contribution in [2.24, 2.45) is 0 Å². The van der Waals surface area contributed by atoms with Crippen molar-refractivity contribution >= 4 is 53.1 Å². The molecule has 0 amide bonds. The second-order valence-electron chi connectivity index (χ2n) is 4.42. The number of sulfone groups is 2. The number of rotatable bonds is 13. The van der Waals surface area contributed by atoms with Crippen LogP contribution < -0.4 is 10.2 Å². The molecule has 0 aromatic rings. The molecule has 0 aliphatic heterocycles. The molecular formula is C10H18N2O8S4-2. The Morgan fingerprint density at radius 2 is 1.42 bits per heavy atom. The largest absolute Gasteiger partial charge is 0.862 e. The van der Waals surface area contributed by atoms with Crippen LogP contribution in [0.25, 0.3) is 0 Å². The van der Waals surface area contributed by atoms with Crippen molar-refractivity contribution < 1.29 is 37.3 Å². The Morgan fingerprint density at radius 3 is 1.75 bits per heavy atom. The summed E-state index contributed by atoms with van der Waals surface area (Å²) in [6.07, 6.45) is -0.147. The van der Waals surface area contributed by atoms with E-state index in [0.29, 0.717) is 10.8 Å². The molecule has 0 saturated heterocycles. The van der Waals surface area contributed by atoms with Crippen molar-refractivity contribution in [2.45, 2.75) is 10.5 Å². The minimum Gasteiger partial charge on any atom is -0.862 e. The van der Waals surface area contributed by atoms with Gasteiger partial charge in [0.2, 0.25) is 4.08 Å². The van der Waals surface area contributed by atoms with Crippen molar-refractivity contribution in [1.82, 2.24) is 0 Å². The lowest BCUT2D eigenvalue weighted by molar-refractivity contribution is -0.221. The Hall–Kier alpha value is -0.540. The molecule has 142 valence electrons. The summed E-state index contributed by atoms with van der Waals surface area (Å²) in [5.41, 5.74) is 0. The molecule has 0 fully saturated rings. The van der Waals surface area contributed by atoms with Crippen LogP contribution in [0.4, 0.5) is 0 Å². The first-order chi connectivity index (χ1) is 11.0. The molecule has 0 aromatic heterocycles. The summed E-state index contributed by atoms with van der Waals surface area (Å²) in [6.45, 7) is -1.87. The van der Waals surface area contributed by atoms with Gasteiger partial charge in [0.25, 0.3) is 0 Å². The normalized spacial score (nSPS) is 12.9. The summed E-state index contributed by atoms with van der Waals surface area (Å²) in [7, 11) is -7.95. The smallest absolute Gasteiger partial charge is 0.210 e. The van der Waals surface area contributed by atoms with Gasteiger partial charge < -0.3 is 31.2 Å². The molecule has 0 aliphatic rings. The fourth-order valence-corrected chi connectivity index (χ4v) is 9.73. The molecule has 14 heteroatoms. The van der Waals surface area contributed by atoms with E-state index in [9.17, 15) is 27.0 Å². The van der Waals surface area contributed by atoms with E-state index in [1.165, 1.54) is 0 Å². The molecule has 10 nitrogen and oxygen atoms in total. The predicted molar refractivity (Wildman–Crippen MR) is 89.5 cm³/mol. The van der Waals surface area contributed by atoms with Gasteiger partial charge in [0.05, 0.1) is 24.7 Å². The van der Waals surface area contributed by atoms with Crippen LogP contribution in [0.1, 0.15) is 6.42 Å². The topological polar surface area (TPSA) is 203 Å². The van der Waals surface area contributed by atoms with Gasteiger partial charge in [0, 0.05) is 11.5 Å². The Kier molecular flexibility index (Phi) is 9.60. The molecule has 0 radical (unpaired) electrons. The van der Waals surface area contributed by atoms with Crippen LogP contribution in [0, 0.1) is 10.8 Å². The molecule has 0 aliphatic carbocycles. The number of hydrogen-bond acceptors (Lipinski definition) is 12. The number of aliphatic hydroxyl groups excluding tert-OH is 2. The lowest BCUT2D eigenvalue weighted by atomic mass is 10.4. The molecule has 0 unspecified atom stereocenters. The lowest BCUT2D eigenvalue weighted by Crippen LogP contribution is -2.61. The summed E-state index contributed by atoms with van der Waals surface area (Å²) < 4.78 is 46.2. The fraction of sp³-hybridized carbons (Fsp3) is 0.800. The van der Waals surface area contributed by atoms with Crippen molar-refractivity contribution in [3.63, 3.8) is 0 Å². The molecule has 0 saturated carbocycles. The summed E-state index contributed by atoms with van der Waals surface area (Å²) in [4.78, 5) is 0. The Labute approximate surface area is 147 Å². The molecular weight excluding hydrogens is 404 g/mol. The summed E-state index contributed by atoms with van der Waals surface area (Å²) >= 11 is 0. The molecule has 0 bridgehead atoms. The molecule has 0 heterocycles. The van der Waals surface area contributed by atoms with E-state index in [0.717, 1.165) is 10.8 Å². The zero-order chi connectivity index (χ0) is 19.0. The second-order valence-corrected chi connectivity index (χ2v) is 11.9. The highest BCUT2D eigenvalue weighted by molar-refractivity contribution is 8.76. The third kappa shape index (κ3) is 5.49. The molecule has 0 atom stereocenters. The Balaban J connectivity index is 5.72. The average Bonchev–Trinajstić information content (AvgIpc) is 2.41. The van der Waals surface area contributed by atoms with Gasteiger partial charge in [-0.05, 0) is 18.2 Å². The number of hydrogen-bond donors (Lipinski definition) is 4.